The number of nitrogens with one attached hydrogen (secondary N) is 1. The van der Waals surface area contributed by atoms with Crippen LogP contribution >= 0.6 is 0 Å². The lowest BCUT2D eigenvalue weighted by atomic mass is 9.91. The average molecular weight is 401 g/mol. The van der Waals surface area contributed by atoms with Gasteiger partial charge in [0.05, 0.1) is 6.26 Å². The molecule has 0 unspecified atom stereocenters. The van der Waals surface area contributed by atoms with E-state index in [1.807, 2.05) is 42.5 Å². The van der Waals surface area contributed by atoms with Crippen LogP contribution in [0.25, 0.3) is 0 Å². The molecule has 0 atom stereocenters. The summed E-state index contributed by atoms with van der Waals surface area (Å²) in [6, 6.07) is 17.9. The smallest absolute Gasteiger partial charge is 0.251 e. The maximum atomic E-state index is 12.3. The summed E-state index contributed by atoms with van der Waals surface area (Å²) in [5.41, 5.74) is 3.07. The van der Waals surface area contributed by atoms with Gasteiger partial charge in [-0.2, -0.15) is 0 Å². The summed E-state index contributed by atoms with van der Waals surface area (Å²) in [6.07, 6.45) is 4.78. The van der Waals surface area contributed by atoms with Crippen molar-refractivity contribution in [2.45, 2.75) is 25.7 Å². The molecule has 1 heterocycles. The summed E-state index contributed by atoms with van der Waals surface area (Å²) >= 11 is 0. The van der Waals surface area contributed by atoms with E-state index in [9.17, 15) is 13.2 Å². The highest BCUT2D eigenvalue weighted by molar-refractivity contribution is 7.88. The highest BCUT2D eigenvalue weighted by atomic mass is 32.2. The first-order valence-corrected chi connectivity index (χ1v) is 11.6. The molecule has 0 saturated carbocycles. The Balaban J connectivity index is 1.45. The molecule has 150 valence electrons. The number of sulfonamides is 1. The van der Waals surface area contributed by atoms with Gasteiger partial charge in [0.2, 0.25) is 10.0 Å². The van der Waals surface area contributed by atoms with Gasteiger partial charge in [-0.1, -0.05) is 42.5 Å². The second-order valence-electron chi connectivity index (χ2n) is 7.50. The molecule has 28 heavy (non-hydrogen) atoms. The van der Waals surface area contributed by atoms with Crippen molar-refractivity contribution >= 4 is 15.9 Å². The Morgan fingerprint density at radius 3 is 2.25 bits per heavy atom. The Labute approximate surface area is 167 Å². The van der Waals surface area contributed by atoms with Gasteiger partial charge in [-0.05, 0) is 54.9 Å². The Hall–Kier alpha value is -2.18. The molecule has 1 saturated heterocycles. The van der Waals surface area contributed by atoms with Crippen LogP contribution < -0.4 is 5.32 Å². The van der Waals surface area contributed by atoms with E-state index >= 15 is 0 Å². The Kier molecular flexibility index (Phi) is 6.86. The molecule has 0 spiro atoms. The summed E-state index contributed by atoms with van der Waals surface area (Å²) in [7, 11) is -3.07. The molecule has 0 aromatic heterocycles. The number of carbonyl (C=O) groups is 1. The van der Waals surface area contributed by atoms with E-state index in [1.54, 1.807) is 4.31 Å². The third-order valence-electron chi connectivity index (χ3n) is 5.33. The van der Waals surface area contributed by atoms with Gasteiger partial charge in [0.25, 0.3) is 5.91 Å². The number of nitrogens with zero attached hydrogens (tertiary/aromatic N) is 1. The Morgan fingerprint density at radius 1 is 1.00 bits per heavy atom. The van der Waals surface area contributed by atoms with E-state index in [0.29, 0.717) is 31.1 Å². The van der Waals surface area contributed by atoms with Gasteiger partial charge in [-0.25, -0.2) is 12.7 Å². The van der Waals surface area contributed by atoms with E-state index in [2.05, 4.69) is 17.4 Å². The lowest BCUT2D eigenvalue weighted by Crippen LogP contribution is -2.38. The fourth-order valence-electron chi connectivity index (χ4n) is 3.64. The van der Waals surface area contributed by atoms with Crippen LogP contribution in [-0.2, 0) is 22.9 Å². The van der Waals surface area contributed by atoms with E-state index in [0.717, 1.165) is 25.7 Å². The first kappa shape index (κ1) is 20.6. The summed E-state index contributed by atoms with van der Waals surface area (Å²) in [4.78, 5) is 12.3. The monoisotopic (exact) mass is 400 g/mol. The molecule has 5 nitrogen and oxygen atoms in total. The van der Waals surface area contributed by atoms with Gasteiger partial charge in [0.15, 0.2) is 0 Å². The van der Waals surface area contributed by atoms with Gasteiger partial charge in [-0.3, -0.25) is 4.79 Å². The van der Waals surface area contributed by atoms with Crippen LogP contribution in [0.1, 0.15) is 34.3 Å². The van der Waals surface area contributed by atoms with Crippen molar-refractivity contribution in [3.05, 3.63) is 71.3 Å². The number of hydrogen-bond donors (Lipinski definition) is 1. The number of rotatable bonds is 7. The number of hydrogen-bond acceptors (Lipinski definition) is 3. The number of benzene rings is 2. The van der Waals surface area contributed by atoms with Crippen LogP contribution in [0.5, 0.6) is 0 Å². The molecule has 6 heteroatoms. The van der Waals surface area contributed by atoms with E-state index < -0.39 is 10.0 Å². The largest absolute Gasteiger partial charge is 0.352 e. The maximum absolute atomic E-state index is 12.3. The summed E-state index contributed by atoms with van der Waals surface area (Å²) in [5, 5.41) is 2.97. The van der Waals surface area contributed by atoms with Gasteiger partial charge in [0, 0.05) is 25.2 Å². The lowest BCUT2D eigenvalue weighted by molar-refractivity contribution is 0.0954. The van der Waals surface area contributed by atoms with Gasteiger partial charge in [0.1, 0.15) is 0 Å². The number of piperidine rings is 1. The molecular weight excluding hydrogens is 372 g/mol. The van der Waals surface area contributed by atoms with Crippen molar-refractivity contribution in [1.82, 2.24) is 9.62 Å². The summed E-state index contributed by atoms with van der Waals surface area (Å²) in [5.74, 6) is 0.437. The van der Waals surface area contributed by atoms with E-state index in [-0.39, 0.29) is 5.91 Å². The van der Waals surface area contributed by atoms with Crippen LogP contribution in [0.2, 0.25) is 0 Å². The van der Waals surface area contributed by atoms with Crippen molar-refractivity contribution < 1.29 is 13.2 Å². The third-order valence-corrected chi connectivity index (χ3v) is 6.63. The second-order valence-corrected chi connectivity index (χ2v) is 9.48. The molecule has 0 aliphatic carbocycles. The molecule has 1 aliphatic heterocycles. The van der Waals surface area contributed by atoms with Crippen LogP contribution in [0.3, 0.4) is 0 Å². The van der Waals surface area contributed by atoms with Crippen molar-refractivity contribution in [3.8, 4) is 0 Å². The third kappa shape index (κ3) is 5.91. The van der Waals surface area contributed by atoms with E-state index in [1.165, 1.54) is 17.4 Å². The highest BCUT2D eigenvalue weighted by Crippen LogP contribution is 2.23. The molecule has 3 rings (SSSR count). The summed E-state index contributed by atoms with van der Waals surface area (Å²) in [6.45, 7) is 1.82. The first-order chi connectivity index (χ1) is 13.4. The van der Waals surface area contributed by atoms with Crippen molar-refractivity contribution in [1.29, 1.82) is 0 Å². The normalized spacial score (nSPS) is 16.0. The van der Waals surface area contributed by atoms with Crippen molar-refractivity contribution in [3.63, 3.8) is 0 Å². The molecule has 0 radical (unpaired) electrons. The molecule has 1 amide bonds. The quantitative estimate of drug-likeness (QED) is 0.777. The van der Waals surface area contributed by atoms with Crippen LogP contribution in [-0.4, -0.2) is 44.5 Å². The molecular formula is C22H28N2O3S. The topological polar surface area (TPSA) is 66.5 Å². The zero-order valence-corrected chi connectivity index (χ0v) is 17.1. The van der Waals surface area contributed by atoms with Gasteiger partial charge >= 0.3 is 0 Å². The van der Waals surface area contributed by atoms with Crippen LogP contribution in [0, 0.1) is 5.92 Å². The maximum Gasteiger partial charge on any atom is 0.251 e. The minimum atomic E-state index is -3.07. The molecule has 1 aliphatic rings. The molecule has 0 bridgehead atoms. The zero-order valence-electron chi connectivity index (χ0n) is 16.3. The van der Waals surface area contributed by atoms with Crippen molar-refractivity contribution in [2.75, 3.05) is 25.9 Å². The Morgan fingerprint density at radius 2 is 1.64 bits per heavy atom. The van der Waals surface area contributed by atoms with Gasteiger partial charge < -0.3 is 5.32 Å². The minimum Gasteiger partial charge on any atom is -0.352 e. The fraction of sp³-hybridized carbons (Fsp3) is 0.409. The predicted octanol–water partition coefficient (Wildman–Crippen LogP) is 2.87. The Bertz CT molecular complexity index is 872. The SMILES string of the molecule is CS(=O)(=O)N1CCC(Cc2ccc(C(=O)NCCc3ccccc3)cc2)CC1. The number of amides is 1. The summed E-state index contributed by atoms with van der Waals surface area (Å²) < 4.78 is 24.8. The molecule has 2 aromatic rings. The molecule has 1 N–H and O–H groups in total. The molecule has 2 aromatic carbocycles. The fourth-order valence-corrected chi connectivity index (χ4v) is 4.51. The first-order valence-electron chi connectivity index (χ1n) is 9.78. The zero-order chi connectivity index (χ0) is 20.0. The number of carbonyl (C=O) groups excluding carboxylic acids is 1. The van der Waals surface area contributed by atoms with Crippen LogP contribution in [0.4, 0.5) is 0 Å². The van der Waals surface area contributed by atoms with Gasteiger partial charge in [-0.15, -0.1) is 0 Å². The van der Waals surface area contributed by atoms with E-state index in [4.69, 9.17) is 0 Å². The lowest BCUT2D eigenvalue weighted by Gasteiger charge is -2.30. The van der Waals surface area contributed by atoms with Crippen molar-refractivity contribution in [2.24, 2.45) is 5.92 Å². The van der Waals surface area contributed by atoms with Crippen LogP contribution in [0.15, 0.2) is 54.6 Å². The average Bonchev–Trinajstić information content (AvgIpc) is 2.69. The molecule has 1 fully saturated rings. The highest BCUT2D eigenvalue weighted by Gasteiger charge is 2.24. The minimum absolute atomic E-state index is 0.0519. The second kappa shape index (κ2) is 9.34. The standard InChI is InChI=1S/C22H28N2O3S/c1-28(26,27)24-15-12-20(13-16-24)17-19-7-9-21(10-8-19)22(25)23-14-11-18-5-3-2-4-6-18/h2-10,20H,11-17H2,1H3,(H,23,25). The predicted molar refractivity (Wildman–Crippen MR) is 112 cm³/mol.